The Balaban J connectivity index is 2.26. The quantitative estimate of drug-likeness (QED) is 0.760. The second-order valence-electron chi connectivity index (χ2n) is 5.16. The van der Waals surface area contributed by atoms with Gasteiger partial charge in [0, 0.05) is 17.5 Å². The fourth-order valence-electron chi connectivity index (χ4n) is 1.88. The van der Waals surface area contributed by atoms with Crippen molar-refractivity contribution in [3.63, 3.8) is 0 Å². The van der Waals surface area contributed by atoms with E-state index in [1.54, 1.807) is 25.3 Å². The molecule has 0 amide bonds. The number of aryl methyl sites for hydroxylation is 2. The summed E-state index contributed by atoms with van der Waals surface area (Å²) in [5, 5.41) is 11.8. The number of hydrogen-bond donors (Lipinski definition) is 3. The van der Waals surface area contributed by atoms with Gasteiger partial charge in [-0.25, -0.2) is 8.42 Å². The first-order chi connectivity index (χ1) is 9.81. The highest BCUT2D eigenvalue weighted by molar-refractivity contribution is 7.93. The molecule has 3 N–H and O–H groups in total. The van der Waals surface area contributed by atoms with Crippen molar-refractivity contribution in [3.05, 3.63) is 27.7 Å². The number of rotatable bonds is 6. The smallest absolute Gasteiger partial charge is 0.263 e. The third-order valence-electron chi connectivity index (χ3n) is 3.03. The van der Waals surface area contributed by atoms with Crippen LogP contribution >= 0.6 is 11.3 Å². The Morgan fingerprint density at radius 1 is 1.38 bits per heavy atom. The number of anilines is 1. The summed E-state index contributed by atoms with van der Waals surface area (Å²) in [5.41, 5.74) is 1.85. The second-order valence-corrected chi connectivity index (χ2v) is 7.81. The summed E-state index contributed by atoms with van der Waals surface area (Å²) in [6, 6.07) is 1.93. The van der Waals surface area contributed by atoms with Crippen LogP contribution in [0.25, 0.3) is 0 Å². The van der Waals surface area contributed by atoms with Crippen LogP contribution < -0.4 is 10.0 Å². The minimum Gasteiger partial charge on any atom is -0.310 e. The van der Waals surface area contributed by atoms with Crippen molar-refractivity contribution in [2.45, 2.75) is 45.2 Å². The van der Waals surface area contributed by atoms with E-state index in [-0.39, 0.29) is 0 Å². The van der Waals surface area contributed by atoms with Crippen molar-refractivity contribution in [1.29, 1.82) is 0 Å². The summed E-state index contributed by atoms with van der Waals surface area (Å²) in [6.07, 6.45) is 0. The molecular formula is C13H20N4O2S2. The van der Waals surface area contributed by atoms with Gasteiger partial charge in [0.1, 0.15) is 4.90 Å². The van der Waals surface area contributed by atoms with Gasteiger partial charge in [0.05, 0.1) is 17.1 Å². The maximum absolute atomic E-state index is 12.6. The molecule has 21 heavy (non-hydrogen) atoms. The lowest BCUT2D eigenvalue weighted by Gasteiger charge is -2.11. The van der Waals surface area contributed by atoms with Crippen molar-refractivity contribution in [3.8, 4) is 0 Å². The van der Waals surface area contributed by atoms with Crippen molar-refractivity contribution in [1.82, 2.24) is 15.5 Å². The van der Waals surface area contributed by atoms with Gasteiger partial charge in [-0.2, -0.15) is 5.10 Å². The minimum atomic E-state index is -3.60. The van der Waals surface area contributed by atoms with Crippen LogP contribution in [0.1, 0.15) is 30.1 Å². The molecule has 0 radical (unpaired) electrons. The molecule has 2 rings (SSSR count). The molecular weight excluding hydrogens is 308 g/mol. The van der Waals surface area contributed by atoms with Crippen LogP contribution in [-0.4, -0.2) is 24.7 Å². The fourth-order valence-corrected chi connectivity index (χ4v) is 4.46. The van der Waals surface area contributed by atoms with E-state index in [0.717, 1.165) is 4.88 Å². The van der Waals surface area contributed by atoms with E-state index in [0.29, 0.717) is 34.6 Å². The van der Waals surface area contributed by atoms with Crippen LogP contribution in [-0.2, 0) is 16.6 Å². The van der Waals surface area contributed by atoms with Crippen molar-refractivity contribution < 1.29 is 8.42 Å². The number of aromatic nitrogens is 2. The van der Waals surface area contributed by atoms with Gasteiger partial charge < -0.3 is 5.32 Å². The van der Waals surface area contributed by atoms with E-state index in [4.69, 9.17) is 0 Å². The van der Waals surface area contributed by atoms with E-state index in [2.05, 4.69) is 20.2 Å². The first-order valence-corrected chi connectivity index (χ1v) is 9.01. The van der Waals surface area contributed by atoms with E-state index >= 15 is 0 Å². The summed E-state index contributed by atoms with van der Waals surface area (Å²) in [4.78, 5) is 1.12. The molecule has 0 fully saturated rings. The molecule has 0 saturated carbocycles. The summed E-state index contributed by atoms with van der Waals surface area (Å²) in [7, 11) is -3.60. The van der Waals surface area contributed by atoms with Crippen molar-refractivity contribution in [2.24, 2.45) is 0 Å². The molecule has 0 atom stereocenters. The summed E-state index contributed by atoms with van der Waals surface area (Å²) in [6.45, 7) is 8.13. The van der Waals surface area contributed by atoms with Gasteiger partial charge in [-0.05, 0) is 25.3 Å². The normalized spacial score (nSPS) is 12.0. The Morgan fingerprint density at radius 3 is 2.67 bits per heavy atom. The minimum absolute atomic E-state index is 0.300. The second kappa shape index (κ2) is 6.17. The molecule has 0 aliphatic carbocycles. The molecule has 2 aromatic heterocycles. The number of hydrogen-bond acceptors (Lipinski definition) is 5. The van der Waals surface area contributed by atoms with E-state index in [1.807, 2.05) is 13.8 Å². The molecule has 0 bridgehead atoms. The van der Waals surface area contributed by atoms with E-state index < -0.39 is 10.0 Å². The Labute approximate surface area is 129 Å². The van der Waals surface area contributed by atoms with Gasteiger partial charge in [0.25, 0.3) is 10.0 Å². The molecule has 0 aliphatic rings. The zero-order chi connectivity index (χ0) is 15.6. The van der Waals surface area contributed by atoms with Crippen LogP contribution in [0.5, 0.6) is 0 Å². The van der Waals surface area contributed by atoms with Gasteiger partial charge in [0.15, 0.2) is 0 Å². The van der Waals surface area contributed by atoms with Crippen LogP contribution in [0.2, 0.25) is 0 Å². The van der Waals surface area contributed by atoms with E-state index in [9.17, 15) is 8.42 Å². The van der Waals surface area contributed by atoms with Gasteiger partial charge in [-0.3, -0.25) is 9.82 Å². The highest BCUT2D eigenvalue weighted by Crippen LogP contribution is 2.26. The third-order valence-corrected chi connectivity index (χ3v) is 5.51. The Hall–Kier alpha value is -1.38. The number of H-pyrrole nitrogens is 1. The molecule has 0 spiro atoms. The van der Waals surface area contributed by atoms with Crippen LogP contribution in [0, 0.1) is 13.8 Å². The number of sulfonamides is 1. The standard InChI is InChI=1S/C13H20N4O2S2/c1-8(2)14-7-11-12(5-6-20-11)21(18,19)17-13-9(3)15-16-10(13)4/h5-6,8,14,17H,7H2,1-4H3,(H,15,16). The highest BCUT2D eigenvalue weighted by Gasteiger charge is 2.22. The van der Waals surface area contributed by atoms with Crippen LogP contribution in [0.3, 0.4) is 0 Å². The van der Waals surface area contributed by atoms with Gasteiger partial charge in [-0.15, -0.1) is 11.3 Å². The molecule has 0 aliphatic heterocycles. The molecule has 0 aromatic carbocycles. The number of aromatic amines is 1. The summed E-state index contributed by atoms with van der Waals surface area (Å²) < 4.78 is 27.7. The van der Waals surface area contributed by atoms with Crippen LogP contribution in [0.4, 0.5) is 5.69 Å². The fraction of sp³-hybridized carbons (Fsp3) is 0.462. The molecule has 6 nitrogen and oxygen atoms in total. The largest absolute Gasteiger partial charge is 0.310 e. The maximum Gasteiger partial charge on any atom is 0.263 e. The lowest BCUT2D eigenvalue weighted by atomic mass is 10.3. The lowest BCUT2D eigenvalue weighted by Crippen LogP contribution is -2.23. The maximum atomic E-state index is 12.6. The van der Waals surface area contributed by atoms with Gasteiger partial charge >= 0.3 is 0 Å². The molecule has 0 saturated heterocycles. The lowest BCUT2D eigenvalue weighted by molar-refractivity contribution is 0.581. The monoisotopic (exact) mass is 328 g/mol. The number of nitrogens with one attached hydrogen (secondary N) is 3. The van der Waals surface area contributed by atoms with Crippen molar-refractivity contribution in [2.75, 3.05) is 4.72 Å². The molecule has 8 heteroatoms. The third kappa shape index (κ3) is 3.63. The predicted molar refractivity (Wildman–Crippen MR) is 85.2 cm³/mol. The number of nitrogens with zero attached hydrogens (tertiary/aromatic N) is 1. The van der Waals surface area contributed by atoms with Gasteiger partial charge in [0.2, 0.25) is 0 Å². The molecule has 116 valence electrons. The van der Waals surface area contributed by atoms with E-state index in [1.165, 1.54) is 11.3 Å². The average Bonchev–Trinajstić information content (AvgIpc) is 2.98. The molecule has 2 heterocycles. The summed E-state index contributed by atoms with van der Waals surface area (Å²) >= 11 is 1.43. The first-order valence-electron chi connectivity index (χ1n) is 6.65. The Kier molecular flexibility index (Phi) is 4.70. The summed E-state index contributed by atoms with van der Waals surface area (Å²) in [5.74, 6) is 0. The zero-order valence-electron chi connectivity index (χ0n) is 12.5. The molecule has 2 aromatic rings. The van der Waals surface area contributed by atoms with Gasteiger partial charge in [-0.1, -0.05) is 13.8 Å². The first kappa shape index (κ1) is 16.0. The average molecular weight is 328 g/mol. The topological polar surface area (TPSA) is 86.9 Å². The van der Waals surface area contributed by atoms with Crippen molar-refractivity contribution >= 4 is 27.0 Å². The Bertz CT molecular complexity index is 697. The SMILES string of the molecule is Cc1n[nH]c(C)c1NS(=O)(=O)c1ccsc1CNC(C)C. The zero-order valence-corrected chi connectivity index (χ0v) is 14.2. The highest BCUT2D eigenvalue weighted by atomic mass is 32.2. The van der Waals surface area contributed by atoms with Crippen LogP contribution in [0.15, 0.2) is 16.3 Å². The Morgan fingerprint density at radius 2 is 2.10 bits per heavy atom. The number of thiophene rings is 1. The predicted octanol–water partition coefficient (Wildman–Crippen LogP) is 2.39. The molecule has 0 unspecified atom stereocenters.